The van der Waals surface area contributed by atoms with Crippen LogP contribution in [0.2, 0.25) is 0 Å². The summed E-state index contributed by atoms with van der Waals surface area (Å²) in [5.74, 6) is 0.195. The first-order valence-corrected chi connectivity index (χ1v) is 4.11. The Bertz CT molecular complexity index is 429. The minimum atomic E-state index is 0.195. The van der Waals surface area contributed by atoms with Crippen molar-refractivity contribution in [2.45, 2.75) is 0 Å². The van der Waals surface area contributed by atoms with Crippen LogP contribution in [0.25, 0.3) is 11.0 Å². The number of rotatable bonds is 0. The summed E-state index contributed by atoms with van der Waals surface area (Å²) in [6.45, 7) is 0. The zero-order valence-corrected chi connectivity index (χ0v) is 7.62. The van der Waals surface area contributed by atoms with Crippen LogP contribution in [0.15, 0.2) is 22.7 Å². The number of fused-ring (bicyclic) bond motifs is 1. The summed E-state index contributed by atoms with van der Waals surface area (Å²) < 4.78 is 0.875. The highest BCUT2D eigenvalue weighted by Crippen LogP contribution is 2.19. The zero-order valence-electron chi connectivity index (χ0n) is 6.03. The minimum absolute atomic E-state index is 0.195. The summed E-state index contributed by atoms with van der Waals surface area (Å²) in [7, 11) is 0. The molecule has 12 heavy (non-hydrogen) atoms. The third-order valence-corrected chi connectivity index (χ3v) is 2.09. The van der Waals surface area contributed by atoms with Gasteiger partial charge in [-0.25, -0.2) is 4.98 Å². The first-order valence-electron chi connectivity index (χ1n) is 3.32. The minimum Gasteiger partial charge on any atom is -0.366 e. The van der Waals surface area contributed by atoms with E-state index in [4.69, 9.17) is 5.73 Å². The van der Waals surface area contributed by atoms with Crippen molar-refractivity contribution in [3.63, 3.8) is 0 Å². The maximum atomic E-state index is 5.37. The van der Waals surface area contributed by atoms with E-state index in [2.05, 4.69) is 31.1 Å². The van der Waals surface area contributed by atoms with Crippen LogP contribution in [-0.4, -0.2) is 15.2 Å². The van der Waals surface area contributed by atoms with E-state index in [-0.39, 0.29) is 5.95 Å². The van der Waals surface area contributed by atoms with Crippen LogP contribution >= 0.6 is 15.9 Å². The van der Waals surface area contributed by atoms with Gasteiger partial charge in [0.2, 0.25) is 5.95 Å². The van der Waals surface area contributed by atoms with Crippen molar-refractivity contribution in [2.24, 2.45) is 0 Å². The van der Waals surface area contributed by atoms with Crippen LogP contribution in [0.3, 0.4) is 0 Å². The Labute approximate surface area is 76.9 Å². The molecule has 1 heterocycles. The molecule has 0 aliphatic rings. The molecule has 2 N–H and O–H groups in total. The van der Waals surface area contributed by atoms with Gasteiger partial charge in [0, 0.05) is 4.47 Å². The summed E-state index contributed by atoms with van der Waals surface area (Å²) in [4.78, 5) is 4.01. The van der Waals surface area contributed by atoms with Gasteiger partial charge in [0.15, 0.2) is 0 Å². The van der Waals surface area contributed by atoms with Crippen LogP contribution in [0.4, 0.5) is 5.95 Å². The Balaban J connectivity index is 2.86. The van der Waals surface area contributed by atoms with Crippen molar-refractivity contribution >= 4 is 32.9 Å². The van der Waals surface area contributed by atoms with Crippen molar-refractivity contribution in [3.05, 3.63) is 22.7 Å². The van der Waals surface area contributed by atoms with Gasteiger partial charge in [-0.15, -0.1) is 10.2 Å². The summed E-state index contributed by atoms with van der Waals surface area (Å²) in [6.07, 6.45) is 0. The molecule has 0 unspecified atom stereocenters. The van der Waals surface area contributed by atoms with Gasteiger partial charge in [0.25, 0.3) is 0 Å². The smallest absolute Gasteiger partial charge is 0.240 e. The predicted octanol–water partition coefficient (Wildman–Crippen LogP) is 1.37. The van der Waals surface area contributed by atoms with Gasteiger partial charge >= 0.3 is 0 Å². The Kier molecular flexibility index (Phi) is 1.65. The second-order valence-corrected chi connectivity index (χ2v) is 3.13. The highest BCUT2D eigenvalue weighted by Gasteiger charge is 2.00. The number of benzene rings is 1. The van der Waals surface area contributed by atoms with Gasteiger partial charge in [0.05, 0.1) is 5.52 Å². The van der Waals surface area contributed by atoms with E-state index in [0.717, 1.165) is 15.5 Å². The molecule has 0 radical (unpaired) electrons. The Morgan fingerprint density at radius 3 is 2.92 bits per heavy atom. The molecule has 1 aromatic carbocycles. The molecule has 1 aromatic heterocycles. The molecule has 0 amide bonds. The number of aromatic nitrogens is 3. The monoisotopic (exact) mass is 224 g/mol. The molecular weight excluding hydrogens is 220 g/mol. The van der Waals surface area contributed by atoms with E-state index in [0.29, 0.717) is 0 Å². The molecule has 0 aliphatic heterocycles. The van der Waals surface area contributed by atoms with Gasteiger partial charge < -0.3 is 5.73 Å². The number of nitrogen functional groups attached to an aromatic ring is 1. The first-order chi connectivity index (χ1) is 5.77. The largest absolute Gasteiger partial charge is 0.366 e. The van der Waals surface area contributed by atoms with Gasteiger partial charge in [-0.3, -0.25) is 0 Å². The lowest BCUT2D eigenvalue weighted by Crippen LogP contribution is -1.97. The average molecular weight is 225 g/mol. The molecule has 2 aromatic rings. The Hall–Kier alpha value is -1.23. The van der Waals surface area contributed by atoms with E-state index in [1.54, 1.807) is 0 Å². The number of hydrogen-bond donors (Lipinski definition) is 1. The van der Waals surface area contributed by atoms with Crippen LogP contribution in [-0.2, 0) is 0 Å². The normalized spacial score (nSPS) is 10.4. The van der Waals surface area contributed by atoms with Crippen molar-refractivity contribution in [1.82, 2.24) is 15.2 Å². The molecule has 0 saturated heterocycles. The summed E-state index contributed by atoms with van der Waals surface area (Å²) in [6, 6.07) is 5.60. The molecule has 0 bridgehead atoms. The second kappa shape index (κ2) is 2.67. The predicted molar refractivity (Wildman–Crippen MR) is 49.4 cm³/mol. The van der Waals surface area contributed by atoms with Crippen molar-refractivity contribution in [2.75, 3.05) is 5.73 Å². The molecule has 0 atom stereocenters. The van der Waals surface area contributed by atoms with Crippen LogP contribution in [0.1, 0.15) is 0 Å². The van der Waals surface area contributed by atoms with E-state index < -0.39 is 0 Å². The topological polar surface area (TPSA) is 64.7 Å². The molecule has 0 spiro atoms. The van der Waals surface area contributed by atoms with Crippen molar-refractivity contribution < 1.29 is 0 Å². The van der Waals surface area contributed by atoms with E-state index >= 15 is 0 Å². The number of halogens is 1. The fraction of sp³-hybridized carbons (Fsp3) is 0. The highest BCUT2D eigenvalue weighted by molar-refractivity contribution is 9.10. The Morgan fingerprint density at radius 1 is 1.25 bits per heavy atom. The average Bonchev–Trinajstić information content (AvgIpc) is 2.04. The second-order valence-electron chi connectivity index (χ2n) is 2.28. The summed E-state index contributed by atoms with van der Waals surface area (Å²) in [5.41, 5.74) is 6.85. The van der Waals surface area contributed by atoms with Gasteiger partial charge in [-0.05, 0) is 28.1 Å². The van der Waals surface area contributed by atoms with E-state index in [1.165, 1.54) is 0 Å². The highest BCUT2D eigenvalue weighted by atomic mass is 79.9. The molecule has 5 heteroatoms. The van der Waals surface area contributed by atoms with Crippen LogP contribution in [0.5, 0.6) is 0 Å². The third-order valence-electron chi connectivity index (χ3n) is 1.45. The van der Waals surface area contributed by atoms with Crippen molar-refractivity contribution in [1.29, 1.82) is 0 Å². The number of nitrogens with zero attached hydrogens (tertiary/aromatic N) is 3. The van der Waals surface area contributed by atoms with Crippen molar-refractivity contribution in [3.8, 4) is 0 Å². The third kappa shape index (κ3) is 1.12. The quantitative estimate of drug-likeness (QED) is 0.735. The standard InChI is InChI=1S/C7H5BrN4/c8-4-2-1-3-5-6(4)11-12-7(9)10-5/h1-3H,(H2,9,10,12). The molecule has 0 saturated carbocycles. The lowest BCUT2D eigenvalue weighted by molar-refractivity contribution is 1.04. The fourth-order valence-corrected chi connectivity index (χ4v) is 1.38. The van der Waals surface area contributed by atoms with Gasteiger partial charge in [-0.2, -0.15) is 0 Å². The molecule has 2 rings (SSSR count). The maximum Gasteiger partial charge on any atom is 0.240 e. The number of anilines is 1. The van der Waals surface area contributed by atoms with E-state index in [9.17, 15) is 0 Å². The first kappa shape index (κ1) is 7.42. The molecule has 60 valence electrons. The maximum absolute atomic E-state index is 5.37. The molecule has 0 aliphatic carbocycles. The summed E-state index contributed by atoms with van der Waals surface area (Å²) >= 11 is 3.34. The molecule has 0 fully saturated rings. The SMILES string of the molecule is Nc1nnc2c(Br)cccc2n1. The fourth-order valence-electron chi connectivity index (χ4n) is 0.940. The lowest BCUT2D eigenvalue weighted by Gasteiger charge is -1.97. The lowest BCUT2D eigenvalue weighted by atomic mass is 10.3. The zero-order chi connectivity index (χ0) is 8.55. The number of nitrogens with two attached hydrogens (primary N) is 1. The van der Waals surface area contributed by atoms with Crippen LogP contribution in [0, 0.1) is 0 Å². The van der Waals surface area contributed by atoms with Crippen LogP contribution < -0.4 is 5.73 Å². The number of hydrogen-bond acceptors (Lipinski definition) is 4. The molecule has 4 nitrogen and oxygen atoms in total. The molecular formula is C7H5BrN4. The van der Waals surface area contributed by atoms with E-state index in [1.807, 2.05) is 18.2 Å². The summed E-state index contributed by atoms with van der Waals surface area (Å²) in [5, 5.41) is 7.55. The van der Waals surface area contributed by atoms with Gasteiger partial charge in [0.1, 0.15) is 5.52 Å². The van der Waals surface area contributed by atoms with Gasteiger partial charge in [-0.1, -0.05) is 6.07 Å². The Morgan fingerprint density at radius 2 is 2.08 bits per heavy atom.